The molecule has 0 aliphatic carbocycles. The number of anilines is 1. The van der Waals surface area contributed by atoms with Gasteiger partial charge < -0.3 is 5.32 Å². The SMILES string of the molecule is Cc1cc(NC(=O)CSc2[nH]c3ccccc3[n+]2C)ccc1Br. The molecular formula is C17H17BrN3OS+. The first-order valence-electron chi connectivity index (χ1n) is 7.20. The van der Waals surface area contributed by atoms with Crippen LogP contribution in [0.5, 0.6) is 0 Å². The van der Waals surface area contributed by atoms with Crippen molar-refractivity contribution in [3.05, 3.63) is 52.5 Å². The van der Waals surface area contributed by atoms with Gasteiger partial charge in [0.2, 0.25) is 5.91 Å². The molecule has 0 spiro atoms. The molecule has 1 heterocycles. The summed E-state index contributed by atoms with van der Waals surface area (Å²) in [5.74, 6) is 0.339. The molecule has 1 aromatic heterocycles. The van der Waals surface area contributed by atoms with Gasteiger partial charge in [-0.2, -0.15) is 0 Å². The van der Waals surface area contributed by atoms with E-state index in [0.717, 1.165) is 31.9 Å². The van der Waals surface area contributed by atoms with E-state index in [4.69, 9.17) is 0 Å². The maximum absolute atomic E-state index is 12.1. The van der Waals surface area contributed by atoms with Gasteiger partial charge in [0.15, 0.2) is 11.0 Å². The number of benzene rings is 2. The molecule has 0 atom stereocenters. The van der Waals surface area contributed by atoms with Gasteiger partial charge in [-0.3, -0.25) is 4.79 Å². The van der Waals surface area contributed by atoms with Crippen molar-refractivity contribution in [2.75, 3.05) is 11.1 Å². The first-order chi connectivity index (χ1) is 11.0. The summed E-state index contributed by atoms with van der Waals surface area (Å²) >= 11 is 4.95. The Balaban J connectivity index is 1.66. The summed E-state index contributed by atoms with van der Waals surface area (Å²) < 4.78 is 3.10. The molecule has 6 heteroatoms. The van der Waals surface area contributed by atoms with Gasteiger partial charge >= 0.3 is 5.16 Å². The molecule has 0 saturated carbocycles. The maximum Gasteiger partial charge on any atom is 0.317 e. The quantitative estimate of drug-likeness (QED) is 0.525. The molecule has 4 nitrogen and oxygen atoms in total. The predicted octanol–water partition coefficient (Wildman–Crippen LogP) is 3.79. The lowest BCUT2D eigenvalue weighted by atomic mass is 10.2. The summed E-state index contributed by atoms with van der Waals surface area (Å²) in [6, 6.07) is 13.9. The zero-order valence-corrected chi connectivity index (χ0v) is 15.3. The Labute approximate surface area is 147 Å². The van der Waals surface area contributed by atoms with Crippen LogP contribution in [0.3, 0.4) is 0 Å². The van der Waals surface area contributed by atoms with E-state index in [2.05, 4.69) is 36.9 Å². The lowest BCUT2D eigenvalue weighted by molar-refractivity contribution is -0.683. The lowest BCUT2D eigenvalue weighted by Gasteiger charge is -2.06. The Hall–Kier alpha value is -1.79. The number of hydrogen-bond donors (Lipinski definition) is 2. The number of nitrogens with zero attached hydrogens (tertiary/aromatic N) is 1. The lowest BCUT2D eigenvalue weighted by Crippen LogP contribution is -2.29. The number of aromatic nitrogens is 2. The molecule has 3 aromatic rings. The van der Waals surface area contributed by atoms with Gasteiger partial charge in [-0.15, -0.1) is 0 Å². The van der Waals surface area contributed by atoms with E-state index in [9.17, 15) is 4.79 Å². The fraction of sp³-hybridized carbons (Fsp3) is 0.176. The fourth-order valence-corrected chi connectivity index (χ4v) is 3.43. The Morgan fingerprint density at radius 3 is 2.83 bits per heavy atom. The van der Waals surface area contributed by atoms with Crippen LogP contribution in [0.2, 0.25) is 0 Å². The minimum atomic E-state index is -0.0182. The van der Waals surface area contributed by atoms with Crippen LogP contribution in [0.4, 0.5) is 5.69 Å². The number of fused-ring (bicyclic) bond motifs is 1. The number of carbonyl (C=O) groups is 1. The van der Waals surface area contributed by atoms with Crippen molar-refractivity contribution in [3.8, 4) is 0 Å². The number of aromatic amines is 1. The van der Waals surface area contributed by atoms with Crippen LogP contribution in [-0.4, -0.2) is 16.6 Å². The third kappa shape index (κ3) is 3.59. The molecule has 0 radical (unpaired) electrons. The van der Waals surface area contributed by atoms with E-state index in [0.29, 0.717) is 5.75 Å². The second kappa shape index (κ2) is 6.76. The second-order valence-corrected chi connectivity index (χ2v) is 7.13. The van der Waals surface area contributed by atoms with Crippen molar-refractivity contribution in [1.29, 1.82) is 0 Å². The number of aryl methyl sites for hydroxylation is 2. The Morgan fingerprint density at radius 1 is 1.30 bits per heavy atom. The van der Waals surface area contributed by atoms with Crippen molar-refractivity contribution >= 4 is 50.3 Å². The van der Waals surface area contributed by atoms with Crippen LogP contribution in [0.15, 0.2) is 52.1 Å². The van der Waals surface area contributed by atoms with Gasteiger partial charge in [0.25, 0.3) is 0 Å². The number of halogens is 1. The molecule has 0 aliphatic rings. The van der Waals surface area contributed by atoms with Crippen molar-refractivity contribution in [3.63, 3.8) is 0 Å². The smallest absolute Gasteiger partial charge is 0.317 e. The van der Waals surface area contributed by atoms with Crippen LogP contribution in [0, 0.1) is 6.92 Å². The predicted molar refractivity (Wildman–Crippen MR) is 97.7 cm³/mol. The third-order valence-corrected chi connectivity index (χ3v) is 5.54. The summed E-state index contributed by atoms with van der Waals surface area (Å²) in [5.41, 5.74) is 4.11. The summed E-state index contributed by atoms with van der Waals surface area (Å²) in [7, 11) is 2.00. The summed E-state index contributed by atoms with van der Waals surface area (Å²) in [5, 5.41) is 3.90. The highest BCUT2D eigenvalue weighted by Gasteiger charge is 2.16. The van der Waals surface area contributed by atoms with Crippen molar-refractivity contribution in [1.82, 2.24) is 4.98 Å². The minimum absolute atomic E-state index is 0.0182. The van der Waals surface area contributed by atoms with E-state index in [1.165, 1.54) is 11.8 Å². The van der Waals surface area contributed by atoms with Crippen LogP contribution in [0.1, 0.15) is 5.56 Å². The van der Waals surface area contributed by atoms with E-state index < -0.39 is 0 Å². The molecule has 2 N–H and O–H groups in total. The number of para-hydroxylation sites is 2. The standard InChI is InChI=1S/C17H16BrN3OS/c1-11-9-12(7-8-13(11)18)19-16(22)10-23-17-20-14-5-3-4-6-15(14)21(17)2/h3-9H,10H2,1-2H3,(H,19,22)/p+1. The fourth-order valence-electron chi connectivity index (χ4n) is 2.37. The number of H-pyrrole nitrogens is 1. The minimum Gasteiger partial charge on any atom is -0.325 e. The van der Waals surface area contributed by atoms with Crippen LogP contribution >= 0.6 is 27.7 Å². The number of thioether (sulfide) groups is 1. The Morgan fingerprint density at radius 2 is 2.09 bits per heavy atom. The van der Waals surface area contributed by atoms with E-state index in [-0.39, 0.29) is 5.91 Å². The molecule has 118 valence electrons. The van der Waals surface area contributed by atoms with Crippen LogP contribution in [-0.2, 0) is 11.8 Å². The summed E-state index contributed by atoms with van der Waals surface area (Å²) in [6.45, 7) is 2.00. The Bertz CT molecular complexity index is 875. The number of imidazole rings is 1. The van der Waals surface area contributed by atoms with Gasteiger partial charge in [0.1, 0.15) is 0 Å². The summed E-state index contributed by atoms with van der Waals surface area (Å²) in [6.07, 6.45) is 0. The average molecular weight is 391 g/mol. The molecule has 0 aliphatic heterocycles. The van der Waals surface area contributed by atoms with Crippen molar-refractivity contribution in [2.45, 2.75) is 12.1 Å². The van der Waals surface area contributed by atoms with Crippen LogP contribution < -0.4 is 9.88 Å². The molecule has 0 saturated heterocycles. The molecular weight excluding hydrogens is 374 g/mol. The van der Waals surface area contributed by atoms with E-state index >= 15 is 0 Å². The molecule has 1 amide bonds. The van der Waals surface area contributed by atoms with E-state index in [1.54, 1.807) is 0 Å². The molecule has 0 bridgehead atoms. The topological polar surface area (TPSA) is 48.8 Å². The zero-order valence-electron chi connectivity index (χ0n) is 12.9. The molecule has 0 fully saturated rings. The Kier molecular flexibility index (Phi) is 4.73. The van der Waals surface area contributed by atoms with Gasteiger partial charge in [-0.25, -0.2) is 9.55 Å². The van der Waals surface area contributed by atoms with Gasteiger partial charge in [-0.1, -0.05) is 28.1 Å². The molecule has 0 unspecified atom stereocenters. The maximum atomic E-state index is 12.1. The first-order valence-corrected chi connectivity index (χ1v) is 8.98. The second-order valence-electron chi connectivity index (χ2n) is 5.31. The normalized spacial score (nSPS) is 10.9. The highest BCUT2D eigenvalue weighted by molar-refractivity contribution is 9.10. The first kappa shape index (κ1) is 16.1. The molecule has 3 rings (SSSR count). The largest absolute Gasteiger partial charge is 0.325 e. The van der Waals surface area contributed by atoms with Gasteiger partial charge in [0.05, 0.1) is 12.8 Å². The zero-order chi connectivity index (χ0) is 16.4. The van der Waals surface area contributed by atoms with Crippen molar-refractivity contribution < 1.29 is 9.36 Å². The van der Waals surface area contributed by atoms with Crippen LogP contribution in [0.25, 0.3) is 11.0 Å². The summed E-state index contributed by atoms with van der Waals surface area (Å²) in [4.78, 5) is 15.5. The number of nitrogens with one attached hydrogen (secondary N) is 2. The highest BCUT2D eigenvalue weighted by Crippen LogP contribution is 2.21. The van der Waals surface area contributed by atoms with Gasteiger partial charge in [-0.05, 0) is 54.6 Å². The monoisotopic (exact) mass is 390 g/mol. The number of amides is 1. The average Bonchev–Trinajstić information content (AvgIpc) is 2.86. The van der Waals surface area contributed by atoms with Gasteiger partial charge in [0, 0.05) is 10.2 Å². The highest BCUT2D eigenvalue weighted by atomic mass is 79.9. The third-order valence-electron chi connectivity index (χ3n) is 3.59. The number of carbonyl (C=O) groups excluding carboxylic acids is 1. The molecule has 23 heavy (non-hydrogen) atoms. The number of rotatable bonds is 4. The molecule has 2 aromatic carbocycles. The number of hydrogen-bond acceptors (Lipinski definition) is 2. The van der Waals surface area contributed by atoms with E-state index in [1.807, 2.05) is 50.4 Å². The van der Waals surface area contributed by atoms with Crippen molar-refractivity contribution in [2.24, 2.45) is 7.05 Å².